The molecular formula is C15H26N2O2. The van der Waals surface area contributed by atoms with Gasteiger partial charge in [0.2, 0.25) is 5.91 Å². The van der Waals surface area contributed by atoms with E-state index in [1.165, 1.54) is 38.5 Å². The lowest BCUT2D eigenvalue weighted by Crippen LogP contribution is -2.59. The van der Waals surface area contributed by atoms with Gasteiger partial charge >= 0.3 is 0 Å². The van der Waals surface area contributed by atoms with Gasteiger partial charge in [-0.15, -0.1) is 0 Å². The van der Waals surface area contributed by atoms with Crippen molar-refractivity contribution in [1.29, 1.82) is 0 Å². The van der Waals surface area contributed by atoms with Crippen LogP contribution in [0.2, 0.25) is 0 Å². The lowest BCUT2D eigenvalue weighted by Gasteiger charge is -2.47. The Balaban J connectivity index is 1.70. The van der Waals surface area contributed by atoms with Gasteiger partial charge in [0.15, 0.2) is 0 Å². The van der Waals surface area contributed by atoms with Crippen molar-refractivity contribution in [2.45, 2.75) is 57.1 Å². The lowest BCUT2D eigenvalue weighted by atomic mass is 9.85. The van der Waals surface area contributed by atoms with Crippen LogP contribution in [-0.2, 0) is 9.53 Å². The summed E-state index contributed by atoms with van der Waals surface area (Å²) in [7, 11) is 0. The molecule has 0 aromatic heterocycles. The zero-order valence-electron chi connectivity index (χ0n) is 12.0. The maximum atomic E-state index is 12.2. The van der Waals surface area contributed by atoms with Gasteiger partial charge in [0.05, 0.1) is 12.1 Å². The minimum absolute atomic E-state index is 0.144. The van der Waals surface area contributed by atoms with E-state index < -0.39 is 0 Å². The Morgan fingerprint density at radius 2 is 2.05 bits per heavy atom. The molecule has 3 aliphatic rings. The molecular weight excluding hydrogens is 240 g/mol. The number of nitrogens with one attached hydrogen (secondary N) is 1. The quantitative estimate of drug-likeness (QED) is 0.824. The first-order valence-electron chi connectivity index (χ1n) is 7.83. The van der Waals surface area contributed by atoms with Crippen LogP contribution in [0.3, 0.4) is 0 Å². The van der Waals surface area contributed by atoms with Crippen LogP contribution in [0.25, 0.3) is 0 Å². The topological polar surface area (TPSA) is 41.6 Å². The van der Waals surface area contributed by atoms with Crippen LogP contribution in [0, 0.1) is 5.92 Å². The molecule has 108 valence electrons. The molecule has 19 heavy (non-hydrogen) atoms. The third-order valence-corrected chi connectivity index (χ3v) is 5.27. The summed E-state index contributed by atoms with van der Waals surface area (Å²) in [4.78, 5) is 14.3. The maximum Gasteiger partial charge on any atom is 0.248 e. The van der Waals surface area contributed by atoms with Crippen molar-refractivity contribution in [1.82, 2.24) is 10.2 Å². The number of rotatable bonds is 2. The summed E-state index contributed by atoms with van der Waals surface area (Å²) < 4.78 is 5.95. The fourth-order valence-corrected chi connectivity index (χ4v) is 3.93. The molecule has 2 heterocycles. The van der Waals surface area contributed by atoms with Crippen LogP contribution in [0.5, 0.6) is 0 Å². The van der Waals surface area contributed by atoms with E-state index in [1.54, 1.807) is 0 Å². The summed E-state index contributed by atoms with van der Waals surface area (Å²) in [5.74, 6) is 0.752. The Bertz CT molecular complexity index is 335. The average Bonchev–Trinajstić information content (AvgIpc) is 2.98. The van der Waals surface area contributed by atoms with Gasteiger partial charge in [-0.25, -0.2) is 0 Å². The van der Waals surface area contributed by atoms with E-state index >= 15 is 0 Å². The Hall–Kier alpha value is -0.610. The Kier molecular flexibility index (Phi) is 3.81. The van der Waals surface area contributed by atoms with E-state index in [4.69, 9.17) is 4.74 Å². The van der Waals surface area contributed by atoms with Gasteiger partial charge in [0.1, 0.15) is 6.61 Å². The minimum atomic E-state index is -0.144. The number of hydrogen-bond acceptors (Lipinski definition) is 3. The molecule has 0 spiro atoms. The molecule has 0 aromatic rings. The summed E-state index contributed by atoms with van der Waals surface area (Å²) in [5.41, 5.74) is -0.144. The van der Waals surface area contributed by atoms with Gasteiger partial charge in [-0.2, -0.15) is 0 Å². The zero-order chi connectivity index (χ0) is 13.3. The molecule has 4 heteroatoms. The predicted octanol–water partition coefficient (Wildman–Crippen LogP) is 1.55. The Morgan fingerprint density at radius 3 is 2.74 bits per heavy atom. The standard InChI is InChI=1S/C15H26N2O2/c1-15(12-7-8-16-9-12)11-17(14(18)10-19-15)13-5-3-2-4-6-13/h12-13,16H,2-11H2,1H3. The van der Waals surface area contributed by atoms with Gasteiger partial charge in [-0.05, 0) is 32.7 Å². The van der Waals surface area contributed by atoms with Gasteiger partial charge in [-0.1, -0.05) is 19.3 Å². The SMILES string of the molecule is CC1(C2CCNC2)CN(C2CCCCC2)C(=O)CO1. The third kappa shape index (κ3) is 2.65. The molecule has 1 saturated carbocycles. The first-order valence-corrected chi connectivity index (χ1v) is 7.83. The minimum Gasteiger partial charge on any atom is -0.363 e. The summed E-state index contributed by atoms with van der Waals surface area (Å²) >= 11 is 0. The van der Waals surface area contributed by atoms with Crippen molar-refractivity contribution in [3.8, 4) is 0 Å². The van der Waals surface area contributed by atoms with Gasteiger partial charge in [0, 0.05) is 18.5 Å². The molecule has 2 saturated heterocycles. The molecule has 3 rings (SSSR count). The summed E-state index contributed by atoms with van der Waals surface area (Å²) in [6.45, 7) is 5.39. The van der Waals surface area contributed by atoms with Crippen LogP contribution >= 0.6 is 0 Å². The average molecular weight is 266 g/mol. The fraction of sp³-hybridized carbons (Fsp3) is 0.933. The van der Waals surface area contributed by atoms with Crippen molar-refractivity contribution < 1.29 is 9.53 Å². The van der Waals surface area contributed by atoms with E-state index in [0.29, 0.717) is 12.0 Å². The number of morpholine rings is 1. The molecule has 4 nitrogen and oxygen atoms in total. The maximum absolute atomic E-state index is 12.2. The number of carbonyl (C=O) groups excluding carboxylic acids is 1. The van der Waals surface area contributed by atoms with Crippen LogP contribution in [0.4, 0.5) is 0 Å². The first kappa shape index (κ1) is 13.4. The van der Waals surface area contributed by atoms with Gasteiger partial charge in [0.25, 0.3) is 0 Å². The molecule has 2 atom stereocenters. The van der Waals surface area contributed by atoms with Gasteiger partial charge < -0.3 is 15.0 Å². The van der Waals surface area contributed by atoms with Crippen LogP contribution in [0.15, 0.2) is 0 Å². The Morgan fingerprint density at radius 1 is 1.26 bits per heavy atom. The largest absolute Gasteiger partial charge is 0.363 e. The van der Waals surface area contributed by atoms with Crippen molar-refractivity contribution in [3.05, 3.63) is 0 Å². The van der Waals surface area contributed by atoms with E-state index in [9.17, 15) is 4.79 Å². The second kappa shape index (κ2) is 5.41. The van der Waals surface area contributed by atoms with E-state index in [1.807, 2.05) is 0 Å². The van der Waals surface area contributed by atoms with Crippen molar-refractivity contribution in [2.75, 3.05) is 26.2 Å². The summed E-state index contributed by atoms with van der Waals surface area (Å²) in [5, 5.41) is 3.42. The second-order valence-electron chi connectivity index (χ2n) is 6.60. The number of amides is 1. The lowest BCUT2D eigenvalue weighted by molar-refractivity contribution is -0.174. The number of hydrogen-bond donors (Lipinski definition) is 1. The third-order valence-electron chi connectivity index (χ3n) is 5.27. The highest BCUT2D eigenvalue weighted by Gasteiger charge is 2.44. The van der Waals surface area contributed by atoms with Crippen molar-refractivity contribution in [2.24, 2.45) is 5.92 Å². The highest BCUT2D eigenvalue weighted by Crippen LogP contribution is 2.34. The van der Waals surface area contributed by atoms with Crippen molar-refractivity contribution in [3.63, 3.8) is 0 Å². The normalized spacial score (nSPS) is 37.8. The predicted molar refractivity (Wildman–Crippen MR) is 73.9 cm³/mol. The molecule has 1 N–H and O–H groups in total. The van der Waals surface area contributed by atoms with Crippen LogP contribution in [0.1, 0.15) is 45.4 Å². The van der Waals surface area contributed by atoms with Crippen LogP contribution in [-0.4, -0.2) is 48.7 Å². The molecule has 2 aliphatic heterocycles. The van der Waals surface area contributed by atoms with Gasteiger partial charge in [-0.3, -0.25) is 4.79 Å². The number of ether oxygens (including phenoxy) is 1. The molecule has 1 amide bonds. The van der Waals surface area contributed by atoms with E-state index in [0.717, 1.165) is 19.6 Å². The Labute approximate surface area is 115 Å². The summed E-state index contributed by atoms with van der Waals surface area (Å²) in [6, 6.07) is 0.471. The number of carbonyl (C=O) groups is 1. The first-order chi connectivity index (χ1) is 9.19. The molecule has 3 fully saturated rings. The molecule has 0 bridgehead atoms. The number of nitrogens with zero attached hydrogens (tertiary/aromatic N) is 1. The van der Waals surface area contributed by atoms with Crippen LogP contribution < -0.4 is 5.32 Å². The van der Waals surface area contributed by atoms with E-state index in [-0.39, 0.29) is 18.1 Å². The smallest absolute Gasteiger partial charge is 0.248 e. The monoisotopic (exact) mass is 266 g/mol. The van der Waals surface area contributed by atoms with E-state index in [2.05, 4.69) is 17.1 Å². The second-order valence-corrected chi connectivity index (χ2v) is 6.60. The molecule has 1 aliphatic carbocycles. The fourth-order valence-electron chi connectivity index (χ4n) is 3.93. The van der Waals surface area contributed by atoms with Crippen molar-refractivity contribution >= 4 is 5.91 Å². The molecule has 0 radical (unpaired) electrons. The summed E-state index contributed by atoms with van der Waals surface area (Å²) in [6.07, 6.45) is 7.42. The highest BCUT2D eigenvalue weighted by molar-refractivity contribution is 5.78. The molecule has 2 unspecified atom stereocenters. The highest BCUT2D eigenvalue weighted by atomic mass is 16.5. The zero-order valence-corrected chi connectivity index (χ0v) is 12.0. The molecule has 0 aromatic carbocycles.